The fourth-order valence-electron chi connectivity index (χ4n) is 2.61. The molecule has 0 atom stereocenters. The lowest BCUT2D eigenvalue weighted by atomic mass is 10.0. The summed E-state index contributed by atoms with van der Waals surface area (Å²) < 4.78 is 0. The largest absolute Gasteiger partial charge is 0.465 e. The van der Waals surface area contributed by atoms with Gasteiger partial charge in [-0.3, -0.25) is 29.1 Å². The van der Waals surface area contributed by atoms with Crippen LogP contribution in [0.15, 0.2) is 0 Å². The number of hydrogen-bond donors (Lipinski definition) is 3. The van der Waals surface area contributed by atoms with Crippen LogP contribution in [0, 0.1) is 0 Å². The Balaban J connectivity index is 3.00. The number of hydroxylamine groups is 1. The van der Waals surface area contributed by atoms with Crippen molar-refractivity contribution in [2.45, 2.75) is 58.9 Å². The molecule has 11 nitrogen and oxygen atoms in total. The third-order valence-corrected chi connectivity index (χ3v) is 4.65. The standard InChI is InChI=1S/C16H28N4O7S/c1-15(2,3)19(12(22)23)11(20(13(24)25)16(4,5)6)17-27-8-7-18-10(21)9-28-14(18)26/h11,17H,7-9H2,1-6H3,(H,22,23)(H,24,25). The number of thioether (sulfide) groups is 1. The summed E-state index contributed by atoms with van der Waals surface area (Å²) in [5, 5.41) is 19.0. The fraction of sp³-hybridized carbons (Fsp3) is 0.750. The summed E-state index contributed by atoms with van der Waals surface area (Å²) >= 11 is 0.892. The first-order valence-electron chi connectivity index (χ1n) is 8.57. The predicted molar refractivity (Wildman–Crippen MR) is 102 cm³/mol. The number of rotatable bonds is 7. The molecule has 160 valence electrons. The minimum atomic E-state index is -1.37. The number of amides is 4. The molecule has 12 heteroatoms. The van der Waals surface area contributed by atoms with Gasteiger partial charge in [-0.1, -0.05) is 11.8 Å². The average Bonchev–Trinajstić information content (AvgIpc) is 2.79. The average molecular weight is 420 g/mol. The molecule has 1 aliphatic rings. The van der Waals surface area contributed by atoms with Crippen LogP contribution in [0.25, 0.3) is 0 Å². The fourth-order valence-corrected chi connectivity index (χ4v) is 3.36. The van der Waals surface area contributed by atoms with Crippen molar-refractivity contribution in [1.82, 2.24) is 20.2 Å². The van der Waals surface area contributed by atoms with E-state index in [1.165, 1.54) is 0 Å². The lowest BCUT2D eigenvalue weighted by molar-refractivity contribution is -0.130. The molecule has 0 unspecified atom stereocenters. The van der Waals surface area contributed by atoms with Crippen LogP contribution in [-0.4, -0.2) is 84.5 Å². The molecule has 0 saturated carbocycles. The van der Waals surface area contributed by atoms with Crippen LogP contribution in [0.4, 0.5) is 14.4 Å². The van der Waals surface area contributed by atoms with E-state index in [1.807, 2.05) is 0 Å². The van der Waals surface area contributed by atoms with Crippen LogP contribution >= 0.6 is 11.8 Å². The zero-order chi connectivity index (χ0) is 21.9. The number of carbonyl (C=O) groups excluding carboxylic acids is 2. The Hall–Kier alpha value is -2.05. The maximum Gasteiger partial charge on any atom is 0.410 e. The Morgan fingerprint density at radius 1 is 1.11 bits per heavy atom. The molecular formula is C16H28N4O7S. The van der Waals surface area contributed by atoms with Crippen LogP contribution in [0.1, 0.15) is 41.5 Å². The van der Waals surface area contributed by atoms with Gasteiger partial charge in [-0.05, 0) is 41.5 Å². The van der Waals surface area contributed by atoms with E-state index in [1.54, 1.807) is 41.5 Å². The third kappa shape index (κ3) is 5.97. The summed E-state index contributed by atoms with van der Waals surface area (Å²) in [5.74, 6) is -0.262. The van der Waals surface area contributed by atoms with E-state index in [4.69, 9.17) is 4.84 Å². The number of nitrogens with zero attached hydrogens (tertiary/aromatic N) is 3. The van der Waals surface area contributed by atoms with Crippen molar-refractivity contribution in [3.8, 4) is 0 Å². The van der Waals surface area contributed by atoms with Crippen LogP contribution in [0.2, 0.25) is 0 Å². The van der Waals surface area contributed by atoms with Crippen LogP contribution < -0.4 is 5.48 Å². The van der Waals surface area contributed by atoms with Crippen LogP contribution in [0.5, 0.6) is 0 Å². The molecular weight excluding hydrogens is 392 g/mol. The topological polar surface area (TPSA) is 140 Å². The predicted octanol–water partition coefficient (Wildman–Crippen LogP) is 2.04. The minimum absolute atomic E-state index is 0.0322. The van der Waals surface area contributed by atoms with Crippen molar-refractivity contribution < 1.29 is 34.2 Å². The highest BCUT2D eigenvalue weighted by molar-refractivity contribution is 8.14. The molecule has 0 aromatic carbocycles. The van der Waals surface area contributed by atoms with E-state index in [2.05, 4.69) is 5.48 Å². The van der Waals surface area contributed by atoms with E-state index in [-0.39, 0.29) is 30.1 Å². The molecule has 1 heterocycles. The molecule has 0 aromatic heterocycles. The molecule has 1 fully saturated rings. The minimum Gasteiger partial charge on any atom is -0.465 e. The van der Waals surface area contributed by atoms with Crippen molar-refractivity contribution in [3.05, 3.63) is 0 Å². The summed E-state index contributed by atoms with van der Waals surface area (Å²) in [4.78, 5) is 55.1. The zero-order valence-corrected chi connectivity index (χ0v) is 17.7. The van der Waals surface area contributed by atoms with Crippen LogP contribution in [0.3, 0.4) is 0 Å². The lowest BCUT2D eigenvalue weighted by Gasteiger charge is -2.47. The van der Waals surface area contributed by atoms with E-state index in [9.17, 15) is 29.4 Å². The van der Waals surface area contributed by atoms with Gasteiger partial charge >= 0.3 is 12.2 Å². The van der Waals surface area contributed by atoms with Gasteiger partial charge in [0.2, 0.25) is 5.91 Å². The van der Waals surface area contributed by atoms with Crippen molar-refractivity contribution in [3.63, 3.8) is 0 Å². The van der Waals surface area contributed by atoms with Gasteiger partial charge in [0.1, 0.15) is 0 Å². The number of carboxylic acid groups (broad SMARTS) is 2. The molecule has 0 bridgehead atoms. The van der Waals surface area contributed by atoms with Gasteiger partial charge in [-0.25, -0.2) is 9.59 Å². The number of imide groups is 1. The van der Waals surface area contributed by atoms with Crippen molar-refractivity contribution >= 4 is 35.1 Å². The zero-order valence-electron chi connectivity index (χ0n) is 16.9. The molecule has 1 saturated heterocycles. The summed E-state index contributed by atoms with van der Waals surface area (Å²) in [7, 11) is 0. The smallest absolute Gasteiger partial charge is 0.410 e. The monoisotopic (exact) mass is 420 g/mol. The molecule has 4 amide bonds. The van der Waals surface area contributed by atoms with Gasteiger partial charge < -0.3 is 10.2 Å². The Kier molecular flexibility index (Phi) is 7.68. The van der Waals surface area contributed by atoms with Gasteiger partial charge in [0, 0.05) is 11.1 Å². The molecule has 1 rings (SSSR count). The maximum atomic E-state index is 11.9. The summed E-state index contributed by atoms with van der Waals surface area (Å²) in [5.41, 5.74) is 0.573. The van der Waals surface area contributed by atoms with E-state index < -0.39 is 29.6 Å². The first-order chi connectivity index (χ1) is 12.7. The van der Waals surface area contributed by atoms with Gasteiger partial charge in [0.25, 0.3) is 5.24 Å². The summed E-state index contributed by atoms with van der Waals surface area (Å²) in [6, 6.07) is 0. The number of nitrogens with one attached hydrogen (secondary N) is 1. The molecule has 0 spiro atoms. The van der Waals surface area contributed by atoms with Crippen molar-refractivity contribution in [2.24, 2.45) is 0 Å². The Morgan fingerprint density at radius 3 is 1.89 bits per heavy atom. The summed E-state index contributed by atoms with van der Waals surface area (Å²) in [6.45, 7) is 9.57. The van der Waals surface area contributed by atoms with Gasteiger partial charge in [-0.15, -0.1) is 0 Å². The quantitative estimate of drug-likeness (QED) is 0.321. The first kappa shape index (κ1) is 24.0. The molecule has 1 aliphatic heterocycles. The molecule has 28 heavy (non-hydrogen) atoms. The Labute approximate surface area is 167 Å². The Bertz CT molecular complexity index is 581. The molecule has 3 N–H and O–H groups in total. The van der Waals surface area contributed by atoms with Crippen LogP contribution in [-0.2, 0) is 9.63 Å². The van der Waals surface area contributed by atoms with Crippen molar-refractivity contribution in [1.29, 1.82) is 0 Å². The molecule has 0 aliphatic carbocycles. The first-order valence-corrected chi connectivity index (χ1v) is 9.55. The highest BCUT2D eigenvalue weighted by Gasteiger charge is 2.43. The number of hydrogen-bond acceptors (Lipinski definition) is 7. The highest BCUT2D eigenvalue weighted by atomic mass is 32.2. The maximum absolute atomic E-state index is 11.9. The second kappa shape index (κ2) is 8.97. The molecule has 0 radical (unpaired) electrons. The number of carbonyl (C=O) groups is 4. The van der Waals surface area contributed by atoms with Gasteiger partial charge in [0.15, 0.2) is 6.29 Å². The second-order valence-corrected chi connectivity index (χ2v) is 9.01. The normalized spacial score (nSPS) is 15.3. The Morgan fingerprint density at radius 2 is 1.57 bits per heavy atom. The highest BCUT2D eigenvalue weighted by Crippen LogP contribution is 2.24. The van der Waals surface area contributed by atoms with Crippen molar-refractivity contribution in [2.75, 3.05) is 18.9 Å². The van der Waals surface area contributed by atoms with E-state index in [0.717, 1.165) is 26.5 Å². The third-order valence-electron chi connectivity index (χ3n) is 3.79. The summed E-state index contributed by atoms with van der Waals surface area (Å²) in [6.07, 6.45) is -4.05. The molecule has 0 aromatic rings. The van der Waals surface area contributed by atoms with Gasteiger partial charge in [-0.2, -0.15) is 5.48 Å². The van der Waals surface area contributed by atoms with Gasteiger partial charge in [0.05, 0.1) is 18.9 Å². The second-order valence-electron chi connectivity index (χ2n) is 8.09. The van der Waals surface area contributed by atoms with E-state index in [0.29, 0.717) is 0 Å². The van der Waals surface area contributed by atoms with E-state index >= 15 is 0 Å². The lowest BCUT2D eigenvalue weighted by Crippen LogP contribution is -2.68. The SMILES string of the molecule is CC(C)(C)N(C(=O)O)C(NOCCN1C(=O)CSC1=O)N(C(=O)O)C(C)(C)C.